The maximum atomic E-state index is 12.0. The van der Waals surface area contributed by atoms with Crippen molar-refractivity contribution >= 4 is 17.8 Å². The molecule has 2 amide bonds. The number of rotatable bonds is 2. The molecule has 0 aromatic carbocycles. The fourth-order valence-corrected chi connectivity index (χ4v) is 3.73. The quantitative estimate of drug-likeness (QED) is 0.824. The second-order valence-corrected chi connectivity index (χ2v) is 6.75. The molecule has 3 nitrogen and oxygen atoms in total. The van der Waals surface area contributed by atoms with Crippen molar-refractivity contribution in [2.24, 2.45) is 5.92 Å². The van der Waals surface area contributed by atoms with E-state index < -0.39 is 0 Å². The molecule has 98 valence electrons. The van der Waals surface area contributed by atoms with E-state index in [1.165, 1.54) is 25.0 Å². The van der Waals surface area contributed by atoms with Crippen LogP contribution in [0.15, 0.2) is 0 Å². The number of piperidine rings is 1. The standard InChI is InChI=1S/C13H24N2OS/c1-11-5-7-15(8-6-11)13(16)14-10-12-4-2-3-9-17-12/h11-12H,2-10H2,1H3,(H,14,16). The van der Waals surface area contributed by atoms with Crippen LogP contribution in [0, 0.1) is 5.92 Å². The van der Waals surface area contributed by atoms with Crippen LogP contribution in [-0.4, -0.2) is 41.6 Å². The van der Waals surface area contributed by atoms with Crippen molar-refractivity contribution in [2.75, 3.05) is 25.4 Å². The van der Waals surface area contributed by atoms with Gasteiger partial charge in [0.15, 0.2) is 0 Å². The monoisotopic (exact) mass is 256 g/mol. The third-order valence-corrected chi connectivity index (χ3v) is 5.22. The van der Waals surface area contributed by atoms with Gasteiger partial charge in [-0.05, 0) is 37.4 Å². The molecule has 2 rings (SSSR count). The van der Waals surface area contributed by atoms with Crippen LogP contribution in [-0.2, 0) is 0 Å². The summed E-state index contributed by atoms with van der Waals surface area (Å²) in [5.74, 6) is 2.05. The Kier molecular flexibility index (Phi) is 5.01. The van der Waals surface area contributed by atoms with Gasteiger partial charge >= 0.3 is 6.03 Å². The topological polar surface area (TPSA) is 32.3 Å². The SMILES string of the molecule is CC1CCN(C(=O)NCC2CCCCS2)CC1. The normalized spacial score (nSPS) is 26.9. The number of likely N-dealkylation sites (tertiary alicyclic amines) is 1. The average molecular weight is 256 g/mol. The van der Waals surface area contributed by atoms with Crippen LogP contribution in [0.4, 0.5) is 4.79 Å². The van der Waals surface area contributed by atoms with Gasteiger partial charge in [0.25, 0.3) is 0 Å². The van der Waals surface area contributed by atoms with Crippen LogP contribution in [0.3, 0.4) is 0 Å². The molecule has 0 bridgehead atoms. The van der Waals surface area contributed by atoms with Gasteiger partial charge in [-0.1, -0.05) is 13.3 Å². The van der Waals surface area contributed by atoms with Gasteiger partial charge in [-0.2, -0.15) is 11.8 Å². The summed E-state index contributed by atoms with van der Waals surface area (Å²) in [4.78, 5) is 13.9. The fourth-order valence-electron chi connectivity index (χ4n) is 2.49. The Morgan fingerprint density at radius 3 is 2.71 bits per heavy atom. The highest BCUT2D eigenvalue weighted by Crippen LogP contribution is 2.24. The molecule has 2 aliphatic rings. The Labute approximate surface area is 109 Å². The lowest BCUT2D eigenvalue weighted by molar-refractivity contribution is 0.174. The van der Waals surface area contributed by atoms with Crippen LogP contribution in [0.1, 0.15) is 39.0 Å². The number of nitrogens with zero attached hydrogens (tertiary/aromatic N) is 1. The summed E-state index contributed by atoms with van der Waals surface area (Å²) in [7, 11) is 0. The van der Waals surface area contributed by atoms with Gasteiger partial charge in [-0.3, -0.25) is 0 Å². The highest BCUT2D eigenvalue weighted by molar-refractivity contribution is 7.99. The van der Waals surface area contributed by atoms with Crippen molar-refractivity contribution in [3.8, 4) is 0 Å². The highest BCUT2D eigenvalue weighted by atomic mass is 32.2. The molecule has 1 atom stereocenters. The Balaban J connectivity index is 1.66. The second-order valence-electron chi connectivity index (χ2n) is 5.34. The molecular formula is C13H24N2OS. The molecule has 2 saturated heterocycles. The lowest BCUT2D eigenvalue weighted by Crippen LogP contribution is -2.46. The zero-order valence-corrected chi connectivity index (χ0v) is 11.6. The predicted molar refractivity (Wildman–Crippen MR) is 73.5 cm³/mol. The number of carbonyl (C=O) groups is 1. The number of nitrogens with one attached hydrogen (secondary N) is 1. The van der Waals surface area contributed by atoms with E-state index in [9.17, 15) is 4.79 Å². The van der Waals surface area contributed by atoms with Crippen molar-refractivity contribution < 1.29 is 4.79 Å². The number of amides is 2. The minimum Gasteiger partial charge on any atom is -0.337 e. The molecule has 0 aromatic heterocycles. The van der Waals surface area contributed by atoms with Crippen molar-refractivity contribution in [1.82, 2.24) is 10.2 Å². The molecule has 2 aliphatic heterocycles. The minimum atomic E-state index is 0.156. The average Bonchev–Trinajstić information content (AvgIpc) is 2.38. The first kappa shape index (κ1) is 13.1. The molecule has 2 heterocycles. The molecular weight excluding hydrogens is 232 g/mol. The maximum absolute atomic E-state index is 12.0. The summed E-state index contributed by atoms with van der Waals surface area (Å²) in [6.45, 7) is 5.00. The van der Waals surface area contributed by atoms with E-state index in [1.54, 1.807) is 0 Å². The maximum Gasteiger partial charge on any atom is 0.317 e. The highest BCUT2D eigenvalue weighted by Gasteiger charge is 2.21. The van der Waals surface area contributed by atoms with Crippen LogP contribution < -0.4 is 5.32 Å². The third kappa shape index (κ3) is 4.09. The van der Waals surface area contributed by atoms with Gasteiger partial charge in [-0.15, -0.1) is 0 Å². The van der Waals surface area contributed by atoms with Crippen molar-refractivity contribution in [2.45, 2.75) is 44.3 Å². The third-order valence-electron chi connectivity index (χ3n) is 3.83. The first-order valence-corrected chi connectivity index (χ1v) is 7.95. The first-order chi connectivity index (χ1) is 8.25. The number of carbonyl (C=O) groups excluding carboxylic acids is 1. The molecule has 4 heteroatoms. The first-order valence-electron chi connectivity index (χ1n) is 6.90. The van der Waals surface area contributed by atoms with E-state index in [-0.39, 0.29) is 6.03 Å². The summed E-state index contributed by atoms with van der Waals surface area (Å²) in [6, 6.07) is 0.156. The molecule has 0 saturated carbocycles. The minimum absolute atomic E-state index is 0.156. The van der Waals surface area contributed by atoms with Crippen LogP contribution in [0.5, 0.6) is 0 Å². The van der Waals surface area contributed by atoms with E-state index in [4.69, 9.17) is 0 Å². The molecule has 0 spiro atoms. The number of urea groups is 1. The van der Waals surface area contributed by atoms with Crippen LogP contribution in [0.25, 0.3) is 0 Å². The van der Waals surface area contributed by atoms with Crippen LogP contribution >= 0.6 is 11.8 Å². The fraction of sp³-hybridized carbons (Fsp3) is 0.923. The molecule has 0 aliphatic carbocycles. The van der Waals surface area contributed by atoms with Crippen LogP contribution in [0.2, 0.25) is 0 Å². The van der Waals surface area contributed by atoms with E-state index >= 15 is 0 Å². The summed E-state index contributed by atoms with van der Waals surface area (Å²) in [5.41, 5.74) is 0. The number of hydrogen-bond acceptors (Lipinski definition) is 2. The number of thioether (sulfide) groups is 1. The Hall–Kier alpha value is -0.380. The zero-order chi connectivity index (χ0) is 12.1. The largest absolute Gasteiger partial charge is 0.337 e. The molecule has 2 fully saturated rings. The molecule has 1 N–H and O–H groups in total. The molecule has 0 radical (unpaired) electrons. The van der Waals surface area contributed by atoms with E-state index in [0.717, 1.165) is 38.4 Å². The van der Waals surface area contributed by atoms with Crippen molar-refractivity contribution in [3.63, 3.8) is 0 Å². The number of hydrogen-bond donors (Lipinski definition) is 1. The smallest absolute Gasteiger partial charge is 0.317 e. The Morgan fingerprint density at radius 1 is 1.29 bits per heavy atom. The van der Waals surface area contributed by atoms with Gasteiger partial charge in [0.2, 0.25) is 0 Å². The van der Waals surface area contributed by atoms with Gasteiger partial charge in [0, 0.05) is 24.9 Å². The van der Waals surface area contributed by atoms with Crippen molar-refractivity contribution in [3.05, 3.63) is 0 Å². The summed E-state index contributed by atoms with van der Waals surface area (Å²) < 4.78 is 0. The van der Waals surface area contributed by atoms with E-state index in [1.807, 2.05) is 16.7 Å². The summed E-state index contributed by atoms with van der Waals surface area (Å²) in [5, 5.41) is 3.75. The van der Waals surface area contributed by atoms with Gasteiger partial charge in [0.05, 0.1) is 0 Å². The van der Waals surface area contributed by atoms with Gasteiger partial charge in [-0.25, -0.2) is 4.79 Å². The Bertz CT molecular complexity index is 246. The van der Waals surface area contributed by atoms with E-state index in [0.29, 0.717) is 5.25 Å². The second kappa shape index (κ2) is 6.53. The molecule has 17 heavy (non-hydrogen) atoms. The van der Waals surface area contributed by atoms with Crippen molar-refractivity contribution in [1.29, 1.82) is 0 Å². The lowest BCUT2D eigenvalue weighted by Gasteiger charge is -2.31. The van der Waals surface area contributed by atoms with Gasteiger partial charge < -0.3 is 10.2 Å². The summed E-state index contributed by atoms with van der Waals surface area (Å²) >= 11 is 2.02. The Morgan fingerprint density at radius 2 is 2.06 bits per heavy atom. The van der Waals surface area contributed by atoms with Gasteiger partial charge in [0.1, 0.15) is 0 Å². The molecule has 0 aromatic rings. The van der Waals surface area contributed by atoms with E-state index in [2.05, 4.69) is 12.2 Å². The lowest BCUT2D eigenvalue weighted by atomic mass is 10.00. The molecule has 1 unspecified atom stereocenters. The summed E-state index contributed by atoms with van der Waals surface area (Å²) in [6.07, 6.45) is 6.26. The zero-order valence-electron chi connectivity index (χ0n) is 10.8. The predicted octanol–water partition coefficient (Wildman–Crippen LogP) is 2.71.